The highest BCUT2D eigenvalue weighted by molar-refractivity contribution is 5.34. The van der Waals surface area contributed by atoms with Gasteiger partial charge in [0.15, 0.2) is 0 Å². The van der Waals surface area contributed by atoms with Crippen molar-refractivity contribution >= 4 is 0 Å². The van der Waals surface area contributed by atoms with Crippen molar-refractivity contribution in [3.05, 3.63) is 64.7 Å². The minimum atomic E-state index is 0.613. The average Bonchev–Trinajstić information content (AvgIpc) is 2.42. The molecule has 0 aliphatic carbocycles. The van der Waals surface area contributed by atoms with Crippen molar-refractivity contribution < 1.29 is 4.74 Å². The monoisotopic (exact) mass is 255 g/mol. The summed E-state index contributed by atoms with van der Waals surface area (Å²) >= 11 is 0. The molecule has 2 aromatic rings. The zero-order valence-electron chi connectivity index (χ0n) is 11.9. The summed E-state index contributed by atoms with van der Waals surface area (Å²) in [6, 6.07) is 14.7. The summed E-state index contributed by atoms with van der Waals surface area (Å²) in [5, 5.41) is 3.14. The molecule has 0 fully saturated rings. The first-order chi connectivity index (χ1) is 9.19. The molecule has 0 heterocycles. The molecule has 0 saturated carbocycles. The Balaban J connectivity index is 1.96. The van der Waals surface area contributed by atoms with Gasteiger partial charge in [-0.2, -0.15) is 0 Å². The fourth-order valence-corrected chi connectivity index (χ4v) is 1.93. The topological polar surface area (TPSA) is 21.3 Å². The molecule has 0 aromatic heterocycles. The molecular formula is C17H21NO. The van der Waals surface area contributed by atoms with Crippen LogP contribution in [0.15, 0.2) is 42.5 Å². The van der Waals surface area contributed by atoms with Crippen LogP contribution < -0.4 is 10.1 Å². The molecule has 0 aliphatic heterocycles. The van der Waals surface area contributed by atoms with E-state index in [1.807, 2.05) is 13.1 Å². The summed E-state index contributed by atoms with van der Waals surface area (Å²) in [4.78, 5) is 0. The molecule has 2 nitrogen and oxygen atoms in total. The predicted octanol–water partition coefficient (Wildman–Crippen LogP) is 3.60. The van der Waals surface area contributed by atoms with Crippen LogP contribution in [0.1, 0.15) is 22.3 Å². The average molecular weight is 255 g/mol. The van der Waals surface area contributed by atoms with E-state index in [1.165, 1.54) is 22.3 Å². The lowest BCUT2D eigenvalue weighted by Gasteiger charge is -2.09. The Hall–Kier alpha value is -1.80. The Labute approximate surface area is 115 Å². The van der Waals surface area contributed by atoms with Crippen LogP contribution in [0, 0.1) is 13.8 Å². The lowest BCUT2D eigenvalue weighted by Crippen LogP contribution is -2.05. The Bertz CT molecular complexity index is 531. The summed E-state index contributed by atoms with van der Waals surface area (Å²) < 4.78 is 5.81. The van der Waals surface area contributed by atoms with E-state index >= 15 is 0 Å². The number of hydrogen-bond acceptors (Lipinski definition) is 2. The van der Waals surface area contributed by atoms with Crippen molar-refractivity contribution in [2.75, 3.05) is 7.05 Å². The van der Waals surface area contributed by atoms with Gasteiger partial charge in [-0.25, -0.2) is 0 Å². The summed E-state index contributed by atoms with van der Waals surface area (Å²) in [6.07, 6.45) is 0. The maximum atomic E-state index is 5.81. The van der Waals surface area contributed by atoms with Gasteiger partial charge in [0, 0.05) is 6.54 Å². The Morgan fingerprint density at radius 1 is 0.895 bits per heavy atom. The molecule has 100 valence electrons. The Kier molecular flexibility index (Phi) is 4.58. The van der Waals surface area contributed by atoms with E-state index in [-0.39, 0.29) is 0 Å². The first kappa shape index (κ1) is 13.6. The van der Waals surface area contributed by atoms with Gasteiger partial charge in [0.25, 0.3) is 0 Å². The molecule has 2 heteroatoms. The molecule has 2 aromatic carbocycles. The molecule has 0 atom stereocenters. The van der Waals surface area contributed by atoms with Gasteiger partial charge >= 0.3 is 0 Å². The summed E-state index contributed by atoms with van der Waals surface area (Å²) in [5.74, 6) is 0.933. The molecule has 0 saturated heterocycles. The van der Waals surface area contributed by atoms with Crippen molar-refractivity contribution in [3.8, 4) is 5.75 Å². The fraction of sp³-hybridized carbons (Fsp3) is 0.294. The van der Waals surface area contributed by atoms with Gasteiger partial charge in [0.1, 0.15) is 12.4 Å². The maximum absolute atomic E-state index is 5.81. The largest absolute Gasteiger partial charge is 0.489 e. The number of nitrogens with one attached hydrogen (secondary N) is 1. The first-order valence-corrected chi connectivity index (χ1v) is 6.61. The number of aryl methyl sites for hydroxylation is 2. The van der Waals surface area contributed by atoms with Crippen LogP contribution in [-0.4, -0.2) is 7.05 Å². The van der Waals surface area contributed by atoms with Crippen LogP contribution in [0.25, 0.3) is 0 Å². The van der Waals surface area contributed by atoms with Gasteiger partial charge in [-0.05, 0) is 55.3 Å². The normalized spacial score (nSPS) is 10.5. The molecule has 19 heavy (non-hydrogen) atoms. The lowest BCUT2D eigenvalue weighted by molar-refractivity contribution is 0.306. The van der Waals surface area contributed by atoms with Gasteiger partial charge in [0.2, 0.25) is 0 Å². The van der Waals surface area contributed by atoms with E-state index in [4.69, 9.17) is 4.74 Å². The number of ether oxygens (including phenoxy) is 1. The highest BCUT2D eigenvalue weighted by atomic mass is 16.5. The number of benzene rings is 2. The van der Waals surface area contributed by atoms with Crippen LogP contribution in [-0.2, 0) is 13.2 Å². The van der Waals surface area contributed by atoms with Crippen LogP contribution in [0.5, 0.6) is 5.75 Å². The standard InChI is InChI=1S/C17H21NO/c1-13-4-9-17(10-14(13)2)19-12-16-7-5-15(6-8-16)11-18-3/h4-10,18H,11-12H2,1-3H3. The molecule has 0 amide bonds. The highest BCUT2D eigenvalue weighted by Crippen LogP contribution is 2.17. The van der Waals surface area contributed by atoms with E-state index in [0.29, 0.717) is 6.61 Å². The summed E-state index contributed by atoms with van der Waals surface area (Å²) in [6.45, 7) is 5.73. The Morgan fingerprint density at radius 3 is 2.21 bits per heavy atom. The van der Waals surface area contributed by atoms with Crippen molar-refractivity contribution in [1.82, 2.24) is 5.32 Å². The molecular weight excluding hydrogens is 234 g/mol. The second-order valence-electron chi connectivity index (χ2n) is 4.88. The molecule has 0 radical (unpaired) electrons. The van der Waals surface area contributed by atoms with Crippen LogP contribution >= 0.6 is 0 Å². The number of rotatable bonds is 5. The number of hydrogen-bond donors (Lipinski definition) is 1. The molecule has 0 aliphatic rings. The molecule has 0 spiro atoms. The third kappa shape index (κ3) is 3.83. The van der Waals surface area contributed by atoms with Gasteiger partial charge < -0.3 is 10.1 Å². The van der Waals surface area contributed by atoms with Crippen molar-refractivity contribution in [1.29, 1.82) is 0 Å². The van der Waals surface area contributed by atoms with E-state index in [9.17, 15) is 0 Å². The van der Waals surface area contributed by atoms with E-state index < -0.39 is 0 Å². The summed E-state index contributed by atoms with van der Waals surface area (Å²) in [7, 11) is 1.96. The quantitative estimate of drug-likeness (QED) is 0.881. The molecule has 0 unspecified atom stereocenters. The third-order valence-corrected chi connectivity index (χ3v) is 3.29. The maximum Gasteiger partial charge on any atom is 0.120 e. The second kappa shape index (κ2) is 6.39. The third-order valence-electron chi connectivity index (χ3n) is 3.29. The lowest BCUT2D eigenvalue weighted by atomic mass is 10.1. The van der Waals surface area contributed by atoms with Crippen LogP contribution in [0.2, 0.25) is 0 Å². The van der Waals surface area contributed by atoms with Gasteiger partial charge in [-0.1, -0.05) is 30.3 Å². The second-order valence-corrected chi connectivity index (χ2v) is 4.88. The van der Waals surface area contributed by atoms with Crippen LogP contribution in [0.3, 0.4) is 0 Å². The first-order valence-electron chi connectivity index (χ1n) is 6.61. The van der Waals surface area contributed by atoms with Crippen molar-refractivity contribution in [2.45, 2.75) is 27.0 Å². The predicted molar refractivity (Wildman–Crippen MR) is 79.5 cm³/mol. The molecule has 1 N–H and O–H groups in total. The highest BCUT2D eigenvalue weighted by Gasteiger charge is 1.99. The zero-order valence-corrected chi connectivity index (χ0v) is 11.9. The van der Waals surface area contributed by atoms with Crippen molar-refractivity contribution in [2.24, 2.45) is 0 Å². The minimum absolute atomic E-state index is 0.613. The van der Waals surface area contributed by atoms with Gasteiger partial charge in [0.05, 0.1) is 0 Å². The zero-order chi connectivity index (χ0) is 13.7. The van der Waals surface area contributed by atoms with E-state index in [2.05, 4.69) is 55.6 Å². The van der Waals surface area contributed by atoms with Crippen LogP contribution in [0.4, 0.5) is 0 Å². The smallest absolute Gasteiger partial charge is 0.120 e. The van der Waals surface area contributed by atoms with Crippen molar-refractivity contribution in [3.63, 3.8) is 0 Å². The SMILES string of the molecule is CNCc1ccc(COc2ccc(C)c(C)c2)cc1. The summed E-state index contributed by atoms with van der Waals surface area (Å²) in [5.41, 5.74) is 5.04. The molecule has 0 bridgehead atoms. The van der Waals surface area contributed by atoms with Gasteiger partial charge in [-0.15, -0.1) is 0 Å². The minimum Gasteiger partial charge on any atom is -0.489 e. The van der Waals surface area contributed by atoms with E-state index in [1.54, 1.807) is 0 Å². The van der Waals surface area contributed by atoms with Gasteiger partial charge in [-0.3, -0.25) is 0 Å². The van der Waals surface area contributed by atoms with E-state index in [0.717, 1.165) is 12.3 Å². The Morgan fingerprint density at radius 2 is 1.58 bits per heavy atom. The molecule has 2 rings (SSSR count). The fourth-order valence-electron chi connectivity index (χ4n) is 1.93.